The molecule has 0 amide bonds. The molecule has 0 heteroatoms. The third-order valence-electron chi connectivity index (χ3n) is 19.6. The fourth-order valence-corrected chi connectivity index (χ4v) is 15.5. The van der Waals surface area contributed by atoms with Crippen LogP contribution in [0.4, 0.5) is 0 Å². The van der Waals surface area contributed by atoms with Gasteiger partial charge in [0.25, 0.3) is 0 Å². The molecule has 422 valence electrons. The molecule has 0 radical (unpaired) electrons. The van der Waals surface area contributed by atoms with E-state index in [2.05, 4.69) is 352 Å². The fourth-order valence-electron chi connectivity index (χ4n) is 15.5. The Kier molecular flexibility index (Phi) is 12.3. The Labute approximate surface area is 531 Å². The van der Waals surface area contributed by atoms with Crippen molar-refractivity contribution in [3.8, 4) is 122 Å². The highest BCUT2D eigenvalue weighted by Crippen LogP contribution is 2.64. The van der Waals surface area contributed by atoms with E-state index >= 15 is 0 Å². The maximum Gasteiger partial charge on any atom is 0.0725 e. The molecule has 18 rings (SSSR count). The lowest BCUT2D eigenvalue weighted by Gasteiger charge is -2.30. The molecule has 16 aromatic rings. The minimum atomic E-state index is -0.469. The minimum absolute atomic E-state index is 0.469. The Hall–Kier alpha value is -11.7. The van der Waals surface area contributed by atoms with Gasteiger partial charge in [-0.05, 0) is 244 Å². The maximum atomic E-state index is 2.46. The SMILES string of the molecule is c1ccc(-c2cc(-c3cccc(-c4cc(-c5cccc(-c6cc(-c7cccc8ccccc78)cc(-c7cccc8ccccc78)c6)c5)cc(-c5cccc6c5-c5ccccc5C65c6ccccc6-c6ccccc65)c4)c3)cc(-c3cccc4ccccc34)c2)cc1. The van der Waals surface area contributed by atoms with Crippen molar-refractivity contribution in [3.63, 3.8) is 0 Å². The molecular weight excluding hydrogens is 1090 g/mol. The first-order valence-corrected chi connectivity index (χ1v) is 31.7. The zero-order valence-electron chi connectivity index (χ0n) is 50.0. The van der Waals surface area contributed by atoms with Gasteiger partial charge < -0.3 is 0 Å². The van der Waals surface area contributed by atoms with Gasteiger partial charge in [-0.3, -0.25) is 0 Å². The Morgan fingerprint density at radius 3 is 0.846 bits per heavy atom. The zero-order valence-corrected chi connectivity index (χ0v) is 50.0. The molecule has 1 spiro atoms. The van der Waals surface area contributed by atoms with Crippen LogP contribution in [-0.4, -0.2) is 0 Å². The highest BCUT2D eigenvalue weighted by molar-refractivity contribution is 6.04. The van der Waals surface area contributed by atoms with Crippen molar-refractivity contribution >= 4 is 32.3 Å². The topological polar surface area (TPSA) is 0 Å². The second-order valence-electron chi connectivity index (χ2n) is 24.6. The third-order valence-corrected chi connectivity index (χ3v) is 19.6. The highest BCUT2D eigenvalue weighted by Gasteiger charge is 2.52. The van der Waals surface area contributed by atoms with E-state index < -0.39 is 5.41 Å². The van der Waals surface area contributed by atoms with Crippen LogP contribution in [0.2, 0.25) is 0 Å². The van der Waals surface area contributed by atoms with Gasteiger partial charge in [-0.1, -0.05) is 285 Å². The van der Waals surface area contributed by atoms with E-state index in [4.69, 9.17) is 0 Å². The second kappa shape index (κ2) is 21.3. The minimum Gasteiger partial charge on any atom is -0.0622 e. The van der Waals surface area contributed by atoms with Gasteiger partial charge in [0.2, 0.25) is 0 Å². The van der Waals surface area contributed by atoms with E-state index in [1.54, 1.807) is 0 Å². The van der Waals surface area contributed by atoms with E-state index in [-0.39, 0.29) is 0 Å². The molecule has 91 heavy (non-hydrogen) atoms. The lowest BCUT2D eigenvalue weighted by atomic mass is 9.70. The molecule has 0 saturated carbocycles. The van der Waals surface area contributed by atoms with Gasteiger partial charge in [0.15, 0.2) is 0 Å². The monoisotopic (exact) mass is 1150 g/mol. The van der Waals surface area contributed by atoms with E-state index in [0.29, 0.717) is 0 Å². The van der Waals surface area contributed by atoms with E-state index in [1.165, 1.54) is 144 Å². The predicted molar refractivity (Wildman–Crippen MR) is 384 cm³/mol. The fraction of sp³-hybridized carbons (Fsp3) is 0.0110. The van der Waals surface area contributed by atoms with Crippen LogP contribution in [0.3, 0.4) is 0 Å². The molecule has 0 bridgehead atoms. The van der Waals surface area contributed by atoms with Crippen LogP contribution in [-0.2, 0) is 5.41 Å². The Balaban J connectivity index is 0.845. The summed E-state index contributed by atoms with van der Waals surface area (Å²) in [6.07, 6.45) is 0. The van der Waals surface area contributed by atoms with Crippen molar-refractivity contribution in [2.45, 2.75) is 5.41 Å². The van der Waals surface area contributed by atoms with Crippen LogP contribution in [0.1, 0.15) is 22.3 Å². The molecule has 2 aliphatic rings. The second-order valence-corrected chi connectivity index (χ2v) is 24.6. The first kappa shape index (κ1) is 52.4. The van der Waals surface area contributed by atoms with Crippen molar-refractivity contribution in [2.75, 3.05) is 0 Å². The summed E-state index contributed by atoms with van der Waals surface area (Å²) < 4.78 is 0. The lowest BCUT2D eigenvalue weighted by Crippen LogP contribution is -2.25. The van der Waals surface area contributed by atoms with Crippen LogP contribution >= 0.6 is 0 Å². The summed E-state index contributed by atoms with van der Waals surface area (Å²) in [5.41, 5.74) is 31.3. The summed E-state index contributed by atoms with van der Waals surface area (Å²) >= 11 is 0. The lowest BCUT2D eigenvalue weighted by molar-refractivity contribution is 0.794. The molecule has 0 nitrogen and oxygen atoms in total. The number of hydrogen-bond acceptors (Lipinski definition) is 0. The molecule has 2 aliphatic carbocycles. The normalized spacial score (nSPS) is 12.5. The Morgan fingerprint density at radius 2 is 0.396 bits per heavy atom. The highest BCUT2D eigenvalue weighted by atomic mass is 14.5. The van der Waals surface area contributed by atoms with Crippen molar-refractivity contribution in [1.29, 1.82) is 0 Å². The smallest absolute Gasteiger partial charge is 0.0622 e. The molecule has 0 atom stereocenters. The summed E-state index contributed by atoms with van der Waals surface area (Å²) in [7, 11) is 0. The molecular formula is C91H58. The maximum absolute atomic E-state index is 2.46. The summed E-state index contributed by atoms with van der Waals surface area (Å²) in [5.74, 6) is 0. The van der Waals surface area contributed by atoms with Crippen molar-refractivity contribution < 1.29 is 0 Å². The zero-order chi connectivity index (χ0) is 60.0. The van der Waals surface area contributed by atoms with Crippen LogP contribution in [0, 0.1) is 0 Å². The average Bonchev–Trinajstić information content (AvgIpc) is 1.51. The largest absolute Gasteiger partial charge is 0.0725 e. The Bertz CT molecular complexity index is 5440. The van der Waals surface area contributed by atoms with Gasteiger partial charge in [-0.15, -0.1) is 0 Å². The van der Waals surface area contributed by atoms with Crippen LogP contribution < -0.4 is 0 Å². The van der Waals surface area contributed by atoms with Gasteiger partial charge in [-0.2, -0.15) is 0 Å². The number of rotatable bonds is 9. The first-order valence-electron chi connectivity index (χ1n) is 31.7. The quantitative estimate of drug-likeness (QED) is 0.135. The van der Waals surface area contributed by atoms with Gasteiger partial charge in [0.1, 0.15) is 0 Å². The average molecular weight is 1150 g/mol. The summed E-state index contributed by atoms with van der Waals surface area (Å²) in [5, 5.41) is 7.41. The van der Waals surface area contributed by atoms with Crippen LogP contribution in [0.15, 0.2) is 352 Å². The van der Waals surface area contributed by atoms with Gasteiger partial charge in [0, 0.05) is 0 Å². The molecule has 0 aromatic heterocycles. The van der Waals surface area contributed by atoms with Gasteiger partial charge >= 0.3 is 0 Å². The summed E-state index contributed by atoms with van der Waals surface area (Å²) in [6.45, 7) is 0. The third kappa shape index (κ3) is 8.59. The van der Waals surface area contributed by atoms with Gasteiger partial charge in [0.05, 0.1) is 5.41 Å². The van der Waals surface area contributed by atoms with Crippen molar-refractivity contribution in [1.82, 2.24) is 0 Å². The van der Waals surface area contributed by atoms with Crippen molar-refractivity contribution in [2.24, 2.45) is 0 Å². The van der Waals surface area contributed by atoms with Crippen LogP contribution in [0.25, 0.3) is 155 Å². The van der Waals surface area contributed by atoms with Gasteiger partial charge in [-0.25, -0.2) is 0 Å². The Morgan fingerprint density at radius 1 is 0.143 bits per heavy atom. The van der Waals surface area contributed by atoms with E-state index in [0.717, 1.165) is 33.4 Å². The predicted octanol–water partition coefficient (Wildman–Crippen LogP) is 24.5. The number of hydrogen-bond donors (Lipinski definition) is 0. The standard InChI is InChI=1S/C91H58/c1-2-22-59(23-3-1)67-50-68(53-72(52-67)79-40-18-27-60-24-4-7-34-76(60)79)63-30-16-31-64(48-63)69-51-70(57-75(56-69)82-43-21-47-89-90(82)85-39-12-15-46-88(85)91(89)86-44-13-10-37-83(86)84-38-11-14-45-87(84)91)65-32-17-33-66(49-65)71-54-73(80-41-19-28-61-25-5-8-35-77(61)80)58-74(55-71)81-42-20-29-62-26-6-9-36-78(62)81/h1-58H. The molecule has 0 saturated heterocycles. The molecule has 0 heterocycles. The summed E-state index contributed by atoms with van der Waals surface area (Å²) in [6, 6.07) is 132. The van der Waals surface area contributed by atoms with E-state index in [1.807, 2.05) is 0 Å². The van der Waals surface area contributed by atoms with E-state index in [9.17, 15) is 0 Å². The molecule has 0 fully saturated rings. The molecule has 0 aliphatic heterocycles. The summed E-state index contributed by atoms with van der Waals surface area (Å²) in [4.78, 5) is 0. The van der Waals surface area contributed by atoms with Crippen LogP contribution in [0.5, 0.6) is 0 Å². The number of benzene rings is 16. The molecule has 16 aromatic carbocycles. The molecule has 0 unspecified atom stereocenters. The number of fused-ring (bicyclic) bond motifs is 13. The first-order chi connectivity index (χ1) is 45.1. The van der Waals surface area contributed by atoms with Crippen molar-refractivity contribution in [3.05, 3.63) is 374 Å². The molecule has 0 N–H and O–H groups in total.